The molecule has 0 bridgehead atoms. The molecule has 2 N–H and O–H groups in total. The third kappa shape index (κ3) is 1.72. The van der Waals surface area contributed by atoms with Crippen LogP contribution in [0.3, 0.4) is 0 Å². The lowest BCUT2D eigenvalue weighted by Gasteiger charge is -2.04. The Balaban J connectivity index is 2.00. The summed E-state index contributed by atoms with van der Waals surface area (Å²) in [5.74, 6) is -0.457. The minimum Gasteiger partial charge on any atom is -0.364 e. The van der Waals surface area contributed by atoms with E-state index in [4.69, 9.17) is 5.73 Å². The fraction of sp³-hybridized carbons (Fsp3) is 0.143. The van der Waals surface area contributed by atoms with Crippen LogP contribution in [0.5, 0.6) is 0 Å². The number of hydrogen-bond donors (Lipinski definition) is 1. The largest absolute Gasteiger partial charge is 0.364 e. The van der Waals surface area contributed by atoms with Gasteiger partial charge in [-0.15, -0.1) is 0 Å². The normalized spacial score (nSPS) is 12.7. The summed E-state index contributed by atoms with van der Waals surface area (Å²) in [5, 5.41) is 4.32. The number of nitrogens with zero attached hydrogens (tertiary/aromatic N) is 2. The summed E-state index contributed by atoms with van der Waals surface area (Å²) in [4.78, 5) is 11.3. The molecule has 0 unspecified atom stereocenters. The number of amides is 1. The van der Waals surface area contributed by atoms with Crippen LogP contribution >= 0.6 is 0 Å². The standard InChI is InChI=1S/C14H13N3O/c15-14(18)13-11-7-4-8-12(11)17(16-13)9-10-5-2-1-3-6-10/h1-6,8H,7,9H2,(H2,15,18). The molecule has 1 aliphatic rings. The van der Waals surface area contributed by atoms with Crippen molar-refractivity contribution < 1.29 is 4.79 Å². The van der Waals surface area contributed by atoms with Crippen molar-refractivity contribution in [1.29, 1.82) is 0 Å². The van der Waals surface area contributed by atoms with Gasteiger partial charge >= 0.3 is 0 Å². The lowest BCUT2D eigenvalue weighted by Crippen LogP contribution is -2.14. The molecular weight excluding hydrogens is 226 g/mol. The average Bonchev–Trinajstić information content (AvgIpc) is 2.94. The van der Waals surface area contributed by atoms with Gasteiger partial charge in [0.1, 0.15) is 0 Å². The highest BCUT2D eigenvalue weighted by atomic mass is 16.1. The monoisotopic (exact) mass is 239 g/mol. The van der Waals surface area contributed by atoms with Crippen LogP contribution in [0.1, 0.15) is 27.3 Å². The van der Waals surface area contributed by atoms with Gasteiger partial charge in [0.25, 0.3) is 5.91 Å². The van der Waals surface area contributed by atoms with Gasteiger partial charge in [-0.2, -0.15) is 5.10 Å². The lowest BCUT2D eigenvalue weighted by atomic mass is 10.2. The van der Waals surface area contributed by atoms with E-state index >= 15 is 0 Å². The highest BCUT2D eigenvalue weighted by Crippen LogP contribution is 2.23. The number of aromatic nitrogens is 2. The molecule has 2 aromatic rings. The topological polar surface area (TPSA) is 60.9 Å². The first-order valence-electron chi connectivity index (χ1n) is 5.85. The third-order valence-corrected chi connectivity index (χ3v) is 3.10. The summed E-state index contributed by atoms with van der Waals surface area (Å²) in [7, 11) is 0. The van der Waals surface area contributed by atoms with Crippen LogP contribution in [0, 0.1) is 0 Å². The Kier molecular flexibility index (Phi) is 2.48. The summed E-state index contributed by atoms with van der Waals surface area (Å²) in [6.45, 7) is 0.654. The van der Waals surface area contributed by atoms with Crippen LogP contribution in [0.2, 0.25) is 0 Å². The SMILES string of the molecule is NC(=O)c1nn(Cc2ccccc2)c2c1CC=C2. The third-order valence-electron chi connectivity index (χ3n) is 3.10. The Bertz CT molecular complexity index is 626. The molecule has 1 aromatic carbocycles. The second-order valence-corrected chi connectivity index (χ2v) is 4.33. The van der Waals surface area contributed by atoms with Gasteiger partial charge in [-0.1, -0.05) is 36.4 Å². The van der Waals surface area contributed by atoms with E-state index in [9.17, 15) is 4.79 Å². The molecule has 0 fully saturated rings. The maximum absolute atomic E-state index is 11.3. The zero-order chi connectivity index (χ0) is 12.5. The van der Waals surface area contributed by atoms with E-state index in [1.165, 1.54) is 0 Å². The van der Waals surface area contributed by atoms with E-state index in [1.807, 2.05) is 47.2 Å². The number of carbonyl (C=O) groups is 1. The molecule has 0 saturated heterocycles. The number of primary amides is 1. The maximum Gasteiger partial charge on any atom is 0.269 e. The summed E-state index contributed by atoms with van der Waals surface area (Å²) < 4.78 is 1.84. The van der Waals surface area contributed by atoms with Crippen molar-refractivity contribution in [2.75, 3.05) is 0 Å². The Labute approximate surface area is 105 Å². The maximum atomic E-state index is 11.3. The summed E-state index contributed by atoms with van der Waals surface area (Å²) in [5.41, 5.74) is 8.83. The Morgan fingerprint density at radius 3 is 2.83 bits per heavy atom. The van der Waals surface area contributed by atoms with E-state index in [-0.39, 0.29) is 0 Å². The van der Waals surface area contributed by atoms with Crippen molar-refractivity contribution in [3.05, 3.63) is 58.9 Å². The summed E-state index contributed by atoms with van der Waals surface area (Å²) in [6.07, 6.45) is 4.76. The highest BCUT2D eigenvalue weighted by Gasteiger charge is 2.21. The number of benzene rings is 1. The molecule has 0 saturated carbocycles. The number of hydrogen-bond acceptors (Lipinski definition) is 2. The van der Waals surface area contributed by atoms with Crippen LogP contribution in [-0.2, 0) is 13.0 Å². The molecule has 4 heteroatoms. The molecule has 0 atom stereocenters. The van der Waals surface area contributed by atoms with E-state index in [0.29, 0.717) is 12.2 Å². The van der Waals surface area contributed by atoms with E-state index < -0.39 is 5.91 Å². The molecule has 18 heavy (non-hydrogen) atoms. The van der Waals surface area contributed by atoms with Crippen molar-refractivity contribution in [3.8, 4) is 0 Å². The van der Waals surface area contributed by atoms with Crippen LogP contribution in [0.4, 0.5) is 0 Å². The van der Waals surface area contributed by atoms with Crippen molar-refractivity contribution in [2.24, 2.45) is 5.73 Å². The van der Waals surface area contributed by atoms with Crippen molar-refractivity contribution in [3.63, 3.8) is 0 Å². The van der Waals surface area contributed by atoms with Gasteiger partial charge in [0, 0.05) is 5.56 Å². The van der Waals surface area contributed by atoms with E-state index in [1.54, 1.807) is 0 Å². The van der Waals surface area contributed by atoms with Gasteiger partial charge in [-0.05, 0) is 18.1 Å². The number of rotatable bonds is 3. The number of allylic oxidation sites excluding steroid dienone is 1. The molecule has 90 valence electrons. The molecule has 0 radical (unpaired) electrons. The van der Waals surface area contributed by atoms with Gasteiger partial charge < -0.3 is 5.73 Å². The number of nitrogens with two attached hydrogens (primary N) is 1. The summed E-state index contributed by atoms with van der Waals surface area (Å²) >= 11 is 0. The minimum atomic E-state index is -0.457. The zero-order valence-electron chi connectivity index (χ0n) is 9.84. The Morgan fingerprint density at radius 1 is 1.33 bits per heavy atom. The molecule has 0 aliphatic heterocycles. The van der Waals surface area contributed by atoms with Crippen LogP contribution in [0.25, 0.3) is 6.08 Å². The first kappa shape index (κ1) is 10.8. The second kappa shape index (κ2) is 4.14. The number of carbonyl (C=O) groups excluding carboxylic acids is 1. The second-order valence-electron chi connectivity index (χ2n) is 4.33. The fourth-order valence-electron chi connectivity index (χ4n) is 2.26. The van der Waals surface area contributed by atoms with Crippen LogP contribution in [0.15, 0.2) is 36.4 Å². The van der Waals surface area contributed by atoms with Gasteiger partial charge in [-0.25, -0.2) is 0 Å². The fourth-order valence-corrected chi connectivity index (χ4v) is 2.26. The number of fused-ring (bicyclic) bond motifs is 1. The van der Waals surface area contributed by atoms with Gasteiger partial charge in [0.2, 0.25) is 0 Å². The molecule has 4 nitrogen and oxygen atoms in total. The molecule has 0 spiro atoms. The molecule has 3 rings (SSSR count). The van der Waals surface area contributed by atoms with Crippen molar-refractivity contribution in [2.45, 2.75) is 13.0 Å². The Morgan fingerprint density at radius 2 is 2.11 bits per heavy atom. The lowest BCUT2D eigenvalue weighted by molar-refractivity contribution is 0.0994. The first-order chi connectivity index (χ1) is 8.75. The smallest absolute Gasteiger partial charge is 0.269 e. The molecule has 1 aromatic heterocycles. The van der Waals surface area contributed by atoms with Crippen LogP contribution < -0.4 is 5.73 Å². The van der Waals surface area contributed by atoms with Crippen molar-refractivity contribution >= 4 is 12.0 Å². The predicted molar refractivity (Wildman–Crippen MR) is 69.0 cm³/mol. The molecule has 1 amide bonds. The van der Waals surface area contributed by atoms with E-state index in [2.05, 4.69) is 5.10 Å². The minimum absolute atomic E-state index is 0.394. The Hall–Kier alpha value is -2.36. The molecular formula is C14H13N3O. The van der Waals surface area contributed by atoms with Gasteiger partial charge in [-0.3, -0.25) is 9.48 Å². The van der Waals surface area contributed by atoms with Crippen molar-refractivity contribution in [1.82, 2.24) is 9.78 Å². The summed E-state index contributed by atoms with van der Waals surface area (Å²) in [6, 6.07) is 10.0. The predicted octanol–water partition coefficient (Wildman–Crippen LogP) is 1.60. The van der Waals surface area contributed by atoms with Crippen LogP contribution in [-0.4, -0.2) is 15.7 Å². The molecule has 1 heterocycles. The molecule has 1 aliphatic carbocycles. The highest BCUT2D eigenvalue weighted by molar-refractivity contribution is 5.93. The van der Waals surface area contributed by atoms with E-state index in [0.717, 1.165) is 23.2 Å². The average molecular weight is 239 g/mol. The first-order valence-corrected chi connectivity index (χ1v) is 5.85. The zero-order valence-corrected chi connectivity index (χ0v) is 9.84. The quantitative estimate of drug-likeness (QED) is 0.884. The van der Waals surface area contributed by atoms with Gasteiger partial charge in [0.05, 0.1) is 12.2 Å². The van der Waals surface area contributed by atoms with Gasteiger partial charge in [0.15, 0.2) is 5.69 Å².